The van der Waals surface area contributed by atoms with Crippen LogP contribution in [0.5, 0.6) is 0 Å². The minimum Gasteiger partial charge on any atom is -0.463 e. The molecule has 0 heterocycles. The van der Waals surface area contributed by atoms with E-state index >= 15 is 0 Å². The Morgan fingerprint density at radius 3 is 2.67 bits per heavy atom. The predicted octanol–water partition coefficient (Wildman–Crippen LogP) is 4.20. The van der Waals surface area contributed by atoms with Gasteiger partial charge in [0.15, 0.2) is 0 Å². The number of ether oxygens (including phenoxy) is 1. The topological polar surface area (TPSA) is 26.3 Å². The molecule has 18 heavy (non-hydrogen) atoms. The fourth-order valence-electron chi connectivity index (χ4n) is 1.45. The molecule has 5 heteroatoms. The highest BCUT2D eigenvalue weighted by atomic mass is 35.5. The lowest BCUT2D eigenvalue weighted by Gasteiger charge is -2.19. The Labute approximate surface area is 116 Å². The van der Waals surface area contributed by atoms with Crippen molar-refractivity contribution >= 4 is 29.3 Å². The number of carbonyl (C=O) groups excluding carboxylic acids is 1. The van der Waals surface area contributed by atoms with Crippen molar-refractivity contribution in [3.63, 3.8) is 0 Å². The molecule has 0 aliphatic heterocycles. The number of carbonyl (C=O) groups is 1. The first-order valence-electron chi connectivity index (χ1n) is 5.72. The van der Waals surface area contributed by atoms with Gasteiger partial charge in [0.1, 0.15) is 0 Å². The number of benzene rings is 1. The smallest absolute Gasteiger partial charge is 0.348 e. The third-order valence-electron chi connectivity index (χ3n) is 2.43. The minimum absolute atomic E-state index is 0.149. The molecule has 0 saturated heterocycles. The van der Waals surface area contributed by atoms with Crippen molar-refractivity contribution in [1.82, 2.24) is 0 Å². The summed E-state index contributed by atoms with van der Waals surface area (Å²) >= 11 is 7.63. The summed E-state index contributed by atoms with van der Waals surface area (Å²) < 4.78 is 19.1. The molecule has 0 bridgehead atoms. The maximum atomic E-state index is 14.4. The van der Waals surface area contributed by atoms with Crippen LogP contribution in [0.4, 0.5) is 4.39 Å². The SMILES string of the molecule is CCOC(=O)C(C)(F)c1ccc(SCC)c(Cl)c1. The zero-order chi connectivity index (χ0) is 13.8. The molecule has 100 valence electrons. The Balaban J connectivity index is 3.03. The molecule has 0 saturated carbocycles. The van der Waals surface area contributed by atoms with Crippen LogP contribution < -0.4 is 0 Å². The number of hydrogen-bond donors (Lipinski definition) is 0. The van der Waals surface area contributed by atoms with E-state index in [-0.39, 0.29) is 12.2 Å². The van der Waals surface area contributed by atoms with Crippen molar-refractivity contribution in [3.8, 4) is 0 Å². The Morgan fingerprint density at radius 1 is 1.50 bits per heavy atom. The van der Waals surface area contributed by atoms with Gasteiger partial charge in [0.05, 0.1) is 11.6 Å². The summed E-state index contributed by atoms with van der Waals surface area (Å²) in [6.45, 7) is 4.98. The number of hydrogen-bond acceptors (Lipinski definition) is 3. The van der Waals surface area contributed by atoms with Gasteiger partial charge in [-0.15, -0.1) is 11.8 Å². The van der Waals surface area contributed by atoms with E-state index in [1.807, 2.05) is 6.92 Å². The Bertz CT molecular complexity index is 435. The first kappa shape index (κ1) is 15.3. The van der Waals surface area contributed by atoms with Crippen LogP contribution in [-0.4, -0.2) is 18.3 Å². The lowest BCUT2D eigenvalue weighted by Crippen LogP contribution is -2.29. The van der Waals surface area contributed by atoms with Gasteiger partial charge in [-0.25, -0.2) is 9.18 Å². The fraction of sp³-hybridized carbons (Fsp3) is 0.462. The molecule has 0 amide bonds. The summed E-state index contributed by atoms with van der Waals surface area (Å²) in [4.78, 5) is 12.4. The third-order valence-corrected chi connectivity index (χ3v) is 3.81. The lowest BCUT2D eigenvalue weighted by molar-refractivity contribution is -0.156. The van der Waals surface area contributed by atoms with Crippen LogP contribution in [0.1, 0.15) is 26.3 Å². The normalized spacial score (nSPS) is 14.1. The van der Waals surface area contributed by atoms with E-state index in [0.29, 0.717) is 5.02 Å². The van der Waals surface area contributed by atoms with Crippen LogP contribution in [-0.2, 0) is 15.2 Å². The molecule has 0 spiro atoms. The summed E-state index contributed by atoms with van der Waals surface area (Å²) in [5.41, 5.74) is -1.96. The highest BCUT2D eigenvalue weighted by molar-refractivity contribution is 7.99. The molecule has 0 aliphatic carbocycles. The van der Waals surface area contributed by atoms with Crippen molar-refractivity contribution in [2.24, 2.45) is 0 Å². The molecule has 1 aromatic carbocycles. The zero-order valence-corrected chi connectivity index (χ0v) is 12.2. The Hall–Kier alpha value is -0.740. The van der Waals surface area contributed by atoms with Crippen LogP contribution in [0.15, 0.2) is 23.1 Å². The van der Waals surface area contributed by atoms with E-state index in [4.69, 9.17) is 16.3 Å². The molecule has 1 rings (SSSR count). The second kappa shape index (κ2) is 6.43. The van der Waals surface area contributed by atoms with Crippen molar-refractivity contribution in [3.05, 3.63) is 28.8 Å². The number of esters is 1. The summed E-state index contributed by atoms with van der Waals surface area (Å²) in [5, 5.41) is 0.451. The molecule has 0 aromatic heterocycles. The minimum atomic E-state index is -2.17. The number of alkyl halides is 1. The van der Waals surface area contributed by atoms with Crippen LogP contribution >= 0.6 is 23.4 Å². The molecular formula is C13H16ClFO2S. The van der Waals surface area contributed by atoms with Crippen LogP contribution in [0, 0.1) is 0 Å². The van der Waals surface area contributed by atoms with Gasteiger partial charge in [-0.2, -0.15) is 0 Å². The second-order valence-corrected chi connectivity index (χ2v) is 5.51. The molecular weight excluding hydrogens is 275 g/mol. The highest BCUT2D eigenvalue weighted by Crippen LogP contribution is 2.34. The monoisotopic (exact) mass is 290 g/mol. The summed E-state index contributed by atoms with van der Waals surface area (Å²) in [5.74, 6) is -0.0129. The third kappa shape index (κ3) is 3.39. The van der Waals surface area contributed by atoms with Crippen molar-refractivity contribution in [1.29, 1.82) is 0 Å². The van der Waals surface area contributed by atoms with E-state index < -0.39 is 11.6 Å². The van der Waals surface area contributed by atoms with Gasteiger partial charge < -0.3 is 4.74 Å². The van der Waals surface area contributed by atoms with Gasteiger partial charge in [0, 0.05) is 10.5 Å². The highest BCUT2D eigenvalue weighted by Gasteiger charge is 2.37. The van der Waals surface area contributed by atoms with Gasteiger partial charge in [-0.05, 0) is 31.7 Å². The predicted molar refractivity (Wildman–Crippen MR) is 72.9 cm³/mol. The molecule has 2 nitrogen and oxygen atoms in total. The molecule has 1 aromatic rings. The van der Waals surface area contributed by atoms with Gasteiger partial charge in [0.2, 0.25) is 5.67 Å². The molecule has 1 unspecified atom stereocenters. The summed E-state index contributed by atoms with van der Waals surface area (Å²) in [7, 11) is 0. The maximum Gasteiger partial charge on any atom is 0.348 e. The van der Waals surface area contributed by atoms with Crippen molar-refractivity contribution < 1.29 is 13.9 Å². The molecule has 1 atom stereocenters. The lowest BCUT2D eigenvalue weighted by atomic mass is 9.98. The van der Waals surface area contributed by atoms with Crippen LogP contribution in [0.2, 0.25) is 5.02 Å². The average Bonchev–Trinajstić information content (AvgIpc) is 2.32. The van der Waals surface area contributed by atoms with E-state index in [0.717, 1.165) is 10.6 Å². The summed E-state index contributed by atoms with van der Waals surface area (Å²) in [6.07, 6.45) is 0. The van der Waals surface area contributed by atoms with E-state index in [1.54, 1.807) is 30.8 Å². The van der Waals surface area contributed by atoms with Crippen molar-refractivity contribution in [2.75, 3.05) is 12.4 Å². The van der Waals surface area contributed by atoms with Gasteiger partial charge in [-0.1, -0.05) is 24.6 Å². The number of thioether (sulfide) groups is 1. The molecule has 0 aliphatic rings. The maximum absolute atomic E-state index is 14.4. The second-order valence-electron chi connectivity index (χ2n) is 3.80. The standard InChI is InChI=1S/C13H16ClFO2S/c1-4-17-12(16)13(3,15)9-6-7-11(18-5-2)10(14)8-9/h6-8H,4-5H2,1-3H3. The van der Waals surface area contributed by atoms with Gasteiger partial charge in [-0.3, -0.25) is 0 Å². The Morgan fingerprint density at radius 2 is 2.17 bits per heavy atom. The van der Waals surface area contributed by atoms with Gasteiger partial charge >= 0.3 is 5.97 Å². The van der Waals surface area contributed by atoms with Crippen LogP contribution in [0.3, 0.4) is 0 Å². The molecule has 0 fully saturated rings. The largest absolute Gasteiger partial charge is 0.463 e. The first-order valence-corrected chi connectivity index (χ1v) is 7.08. The molecule has 0 radical (unpaired) electrons. The van der Waals surface area contributed by atoms with E-state index in [2.05, 4.69) is 0 Å². The van der Waals surface area contributed by atoms with Gasteiger partial charge in [0.25, 0.3) is 0 Å². The zero-order valence-electron chi connectivity index (χ0n) is 10.6. The Kier molecular flexibility index (Phi) is 5.47. The van der Waals surface area contributed by atoms with E-state index in [9.17, 15) is 9.18 Å². The van der Waals surface area contributed by atoms with E-state index in [1.165, 1.54) is 13.0 Å². The first-order chi connectivity index (χ1) is 8.43. The number of halogens is 2. The van der Waals surface area contributed by atoms with Crippen LogP contribution in [0.25, 0.3) is 0 Å². The number of rotatable bonds is 5. The average molecular weight is 291 g/mol. The molecule has 0 N–H and O–H groups in total. The van der Waals surface area contributed by atoms with Crippen molar-refractivity contribution in [2.45, 2.75) is 31.3 Å². The quantitative estimate of drug-likeness (QED) is 0.600. The summed E-state index contributed by atoms with van der Waals surface area (Å²) in [6, 6.07) is 4.78. The fourth-order valence-corrected chi connectivity index (χ4v) is 2.47.